The molecule has 1 atom stereocenters. The number of carbonyl (C=O) groups is 1. The highest BCUT2D eigenvalue weighted by Gasteiger charge is 2.52. The number of benzene rings is 2. The van der Waals surface area contributed by atoms with E-state index < -0.39 is 5.60 Å². The first-order chi connectivity index (χ1) is 12.1. The lowest BCUT2D eigenvalue weighted by Gasteiger charge is -2.29. The Balaban J connectivity index is 1.67. The molecule has 2 aromatic carbocycles. The molecule has 0 bridgehead atoms. The number of hydrogen-bond acceptors (Lipinski definition) is 5. The molecule has 6 heteroatoms. The van der Waals surface area contributed by atoms with Gasteiger partial charge >= 0.3 is 0 Å². The molecule has 1 saturated heterocycles. The van der Waals surface area contributed by atoms with E-state index in [1.54, 1.807) is 24.5 Å². The number of hydrogen-bond donors (Lipinski definition) is 1. The molecule has 3 aromatic rings. The number of anilines is 1. The van der Waals surface area contributed by atoms with Crippen LogP contribution in [0.5, 0.6) is 0 Å². The van der Waals surface area contributed by atoms with Gasteiger partial charge in [-0.15, -0.1) is 0 Å². The van der Waals surface area contributed by atoms with Crippen LogP contribution in [-0.2, 0) is 0 Å². The van der Waals surface area contributed by atoms with E-state index in [1.807, 2.05) is 29.2 Å². The number of ketones is 1. The zero-order chi connectivity index (χ0) is 17.2. The van der Waals surface area contributed by atoms with Crippen molar-refractivity contribution in [3.05, 3.63) is 59.3 Å². The maximum atomic E-state index is 12.9. The molecule has 0 spiro atoms. The number of nitrogens with zero attached hydrogens (tertiary/aromatic N) is 2. The van der Waals surface area contributed by atoms with Gasteiger partial charge in [-0.25, -0.2) is 4.99 Å². The van der Waals surface area contributed by atoms with Crippen molar-refractivity contribution < 1.29 is 14.3 Å². The van der Waals surface area contributed by atoms with E-state index in [1.165, 1.54) is 0 Å². The van der Waals surface area contributed by atoms with Crippen LogP contribution in [0.15, 0.2) is 58.1 Å². The van der Waals surface area contributed by atoms with Gasteiger partial charge in [0.2, 0.25) is 5.78 Å². The quantitative estimate of drug-likeness (QED) is 0.720. The molecule has 0 radical (unpaired) electrons. The summed E-state index contributed by atoms with van der Waals surface area (Å²) in [7, 11) is 0. The number of amidine groups is 1. The van der Waals surface area contributed by atoms with Crippen molar-refractivity contribution in [3.8, 4) is 0 Å². The predicted octanol–water partition coefficient (Wildman–Crippen LogP) is 3.95. The predicted molar refractivity (Wildman–Crippen MR) is 96.0 cm³/mol. The summed E-state index contributed by atoms with van der Waals surface area (Å²) in [5.41, 5.74) is 0.864. The van der Waals surface area contributed by atoms with Crippen molar-refractivity contribution in [2.45, 2.75) is 12.0 Å². The van der Waals surface area contributed by atoms with Crippen LogP contribution < -0.4 is 4.90 Å². The van der Waals surface area contributed by atoms with Gasteiger partial charge in [0, 0.05) is 40.7 Å². The van der Waals surface area contributed by atoms with Gasteiger partial charge in [-0.1, -0.05) is 11.6 Å². The number of Topliss-reactive ketones (excluding diaryl/α,β-unsaturated/α-hetero) is 1. The molecule has 0 aliphatic carbocycles. The molecule has 2 aliphatic rings. The van der Waals surface area contributed by atoms with Gasteiger partial charge in [0.1, 0.15) is 11.4 Å². The van der Waals surface area contributed by atoms with E-state index in [2.05, 4.69) is 4.99 Å². The summed E-state index contributed by atoms with van der Waals surface area (Å²) in [5, 5.41) is 12.5. The lowest BCUT2D eigenvalue weighted by atomic mass is 9.87. The Morgan fingerprint density at radius 3 is 2.96 bits per heavy atom. The summed E-state index contributed by atoms with van der Waals surface area (Å²) in [4.78, 5) is 19.3. The summed E-state index contributed by atoms with van der Waals surface area (Å²) in [5.74, 6) is 0.00908. The van der Waals surface area contributed by atoms with Crippen LogP contribution in [0.4, 0.5) is 11.4 Å². The third-order valence-electron chi connectivity index (χ3n) is 4.88. The highest BCUT2D eigenvalue weighted by atomic mass is 35.5. The molecule has 2 aliphatic heterocycles. The van der Waals surface area contributed by atoms with Crippen molar-refractivity contribution in [3.63, 3.8) is 0 Å². The minimum Gasteiger partial charge on any atom is -0.464 e. The molecule has 124 valence electrons. The fourth-order valence-electron chi connectivity index (χ4n) is 3.57. The summed E-state index contributed by atoms with van der Waals surface area (Å²) in [6, 6.07) is 12.6. The summed E-state index contributed by atoms with van der Waals surface area (Å²) < 4.78 is 5.46. The standard InChI is InChI=1S/C19H13ClN2O3/c20-12-2-4-15-14(9-12)17(23)19(24)6-7-22(18(19)21-15)13-3-1-11-5-8-25-16(11)10-13/h1-5,8-10,24H,6-7H2. The molecule has 1 N–H and O–H groups in total. The highest BCUT2D eigenvalue weighted by Crippen LogP contribution is 2.40. The number of furan rings is 1. The lowest BCUT2D eigenvalue weighted by Crippen LogP contribution is -2.48. The second kappa shape index (κ2) is 4.94. The lowest BCUT2D eigenvalue weighted by molar-refractivity contribution is 0.0602. The Morgan fingerprint density at radius 2 is 2.08 bits per heavy atom. The molecule has 5 nitrogen and oxygen atoms in total. The monoisotopic (exact) mass is 352 g/mol. The summed E-state index contributed by atoms with van der Waals surface area (Å²) in [6.07, 6.45) is 1.92. The zero-order valence-corrected chi connectivity index (χ0v) is 13.8. The van der Waals surface area contributed by atoms with Gasteiger partial charge in [0.25, 0.3) is 0 Å². The van der Waals surface area contributed by atoms with Crippen molar-refractivity contribution in [2.24, 2.45) is 4.99 Å². The highest BCUT2D eigenvalue weighted by molar-refractivity contribution is 6.33. The number of rotatable bonds is 1. The topological polar surface area (TPSA) is 66.0 Å². The Hall–Kier alpha value is -2.63. The SMILES string of the molecule is O=C1c2cc(Cl)ccc2N=C2N(c3ccc4ccoc4c3)CCC12O. The Labute approximate surface area is 148 Å². The Morgan fingerprint density at radius 1 is 1.20 bits per heavy atom. The molecule has 5 rings (SSSR count). The molecular weight excluding hydrogens is 340 g/mol. The van der Waals surface area contributed by atoms with Crippen molar-refractivity contribution in [1.82, 2.24) is 0 Å². The Kier molecular flexibility index (Phi) is 2.90. The molecule has 0 amide bonds. The number of aliphatic imine (C=N–C) groups is 1. The van der Waals surface area contributed by atoms with E-state index in [9.17, 15) is 9.90 Å². The third-order valence-corrected chi connectivity index (χ3v) is 5.11. The van der Waals surface area contributed by atoms with E-state index >= 15 is 0 Å². The minimum atomic E-state index is -1.62. The number of halogens is 1. The van der Waals surface area contributed by atoms with E-state index in [0.29, 0.717) is 28.7 Å². The van der Waals surface area contributed by atoms with Gasteiger partial charge in [0.05, 0.1) is 12.0 Å². The molecule has 25 heavy (non-hydrogen) atoms. The normalized spacial score (nSPS) is 22.1. The van der Waals surface area contributed by atoms with Gasteiger partial charge in [-0.2, -0.15) is 0 Å². The van der Waals surface area contributed by atoms with Crippen LogP contribution in [0.25, 0.3) is 11.0 Å². The molecule has 0 saturated carbocycles. The summed E-state index contributed by atoms with van der Waals surface area (Å²) >= 11 is 6.00. The van der Waals surface area contributed by atoms with Crippen molar-refractivity contribution in [2.75, 3.05) is 11.4 Å². The minimum absolute atomic E-state index is 0.285. The van der Waals surface area contributed by atoms with E-state index in [4.69, 9.17) is 16.0 Å². The van der Waals surface area contributed by atoms with E-state index in [0.717, 1.165) is 16.7 Å². The largest absolute Gasteiger partial charge is 0.464 e. The van der Waals surface area contributed by atoms with Crippen molar-refractivity contribution >= 4 is 45.6 Å². The van der Waals surface area contributed by atoms with Crippen LogP contribution in [-0.4, -0.2) is 28.9 Å². The molecule has 1 unspecified atom stereocenters. The number of fused-ring (bicyclic) bond motifs is 3. The van der Waals surface area contributed by atoms with Crippen LogP contribution in [0, 0.1) is 0 Å². The van der Waals surface area contributed by atoms with Crippen LogP contribution in [0.1, 0.15) is 16.8 Å². The second-order valence-corrected chi connectivity index (χ2v) is 6.77. The van der Waals surface area contributed by atoms with E-state index in [-0.39, 0.29) is 12.2 Å². The van der Waals surface area contributed by atoms with Crippen LogP contribution in [0.3, 0.4) is 0 Å². The number of carbonyl (C=O) groups excluding carboxylic acids is 1. The van der Waals surface area contributed by atoms with Crippen molar-refractivity contribution in [1.29, 1.82) is 0 Å². The first-order valence-corrected chi connectivity index (χ1v) is 8.35. The average Bonchev–Trinajstić information content (AvgIpc) is 3.20. The molecule has 1 fully saturated rings. The smallest absolute Gasteiger partial charge is 0.204 e. The summed E-state index contributed by atoms with van der Waals surface area (Å²) in [6.45, 7) is 0.495. The molecule has 1 aromatic heterocycles. The van der Waals surface area contributed by atoms with Crippen LogP contribution in [0.2, 0.25) is 5.02 Å². The maximum absolute atomic E-state index is 12.9. The van der Waals surface area contributed by atoms with Crippen LogP contribution >= 0.6 is 11.6 Å². The zero-order valence-electron chi connectivity index (χ0n) is 13.1. The Bertz CT molecular complexity index is 1070. The third kappa shape index (κ3) is 2.00. The first-order valence-electron chi connectivity index (χ1n) is 7.97. The fraction of sp³-hybridized carbons (Fsp3) is 0.158. The number of aliphatic hydroxyl groups is 1. The van der Waals surface area contributed by atoms with Gasteiger partial charge in [-0.05, 0) is 36.4 Å². The van der Waals surface area contributed by atoms with Gasteiger partial charge in [0.15, 0.2) is 5.60 Å². The molecule has 3 heterocycles. The second-order valence-electron chi connectivity index (χ2n) is 6.33. The average molecular weight is 353 g/mol. The maximum Gasteiger partial charge on any atom is 0.204 e. The first kappa shape index (κ1) is 14.7. The molecular formula is C19H13ClN2O3. The fourth-order valence-corrected chi connectivity index (χ4v) is 3.74. The van der Waals surface area contributed by atoms with Gasteiger partial charge in [-0.3, -0.25) is 4.79 Å². The van der Waals surface area contributed by atoms with Gasteiger partial charge < -0.3 is 14.4 Å².